The summed E-state index contributed by atoms with van der Waals surface area (Å²) in [6, 6.07) is 17.0. The van der Waals surface area contributed by atoms with E-state index >= 15 is 4.39 Å². The van der Waals surface area contributed by atoms with Gasteiger partial charge in [0, 0.05) is 74.3 Å². The second kappa shape index (κ2) is 15.0. The fourth-order valence-electron chi connectivity index (χ4n) is 8.25. The van der Waals surface area contributed by atoms with Crippen molar-refractivity contribution in [1.29, 1.82) is 5.26 Å². The van der Waals surface area contributed by atoms with Crippen molar-refractivity contribution in [3.63, 3.8) is 0 Å². The molecule has 4 atom stereocenters. The molecule has 0 N–H and O–H groups in total. The lowest BCUT2D eigenvalue weighted by molar-refractivity contribution is -0.128. The van der Waals surface area contributed by atoms with E-state index in [2.05, 4.69) is 10.6 Å². The van der Waals surface area contributed by atoms with E-state index in [1.54, 1.807) is 30.0 Å². The van der Waals surface area contributed by atoms with Gasteiger partial charge in [0.25, 0.3) is 5.03 Å². The highest BCUT2D eigenvalue weighted by Gasteiger charge is 2.56. The molecule has 2 aliphatic heterocycles. The second-order valence-corrected chi connectivity index (χ2v) is 16.9. The van der Waals surface area contributed by atoms with Crippen molar-refractivity contribution < 1.29 is 32.7 Å². The van der Waals surface area contributed by atoms with Gasteiger partial charge >= 0.3 is 6.09 Å². The normalized spacial score (nSPS) is 18.4. The summed E-state index contributed by atoms with van der Waals surface area (Å²) in [5, 5.41) is 12.7. The standard InChI is InChI=1S/C42H46FN5O6S/c1-42(2,3)54-41(50)47-22-26-19-33(47)38(26)48-27(14-15-34(49)46(4)5)20-32-39(48)31-18-25(12-10-16-44)35(36(43)37(31)45-40(32)55(7)51)30-21-28(53-23-52-6)17-24-11-8-9-13-29(24)30/h8-9,11,13,17-18,20-21,26,33,38H,10,12,14-15,19,22-23H2,1-7H3/t26-,33-,38+,55?/m1/s1. The number of methoxy groups -OCH3 is 1. The molecule has 2 aromatic heterocycles. The Morgan fingerprint density at radius 2 is 1.87 bits per heavy atom. The van der Waals surface area contributed by atoms with Crippen molar-refractivity contribution in [2.24, 2.45) is 5.92 Å². The molecule has 0 radical (unpaired) electrons. The third-order valence-electron chi connectivity index (χ3n) is 10.6. The first-order chi connectivity index (χ1) is 26.2. The summed E-state index contributed by atoms with van der Waals surface area (Å²) in [7, 11) is 4.95. The monoisotopic (exact) mass is 767 g/mol. The predicted molar refractivity (Wildman–Crippen MR) is 210 cm³/mol. The number of nitriles is 1. The van der Waals surface area contributed by atoms with Crippen molar-refractivity contribution in [2.45, 2.75) is 75.6 Å². The highest BCUT2D eigenvalue weighted by atomic mass is 32.2. The largest absolute Gasteiger partial charge is 0.610 e. The third-order valence-corrected chi connectivity index (χ3v) is 11.5. The molecule has 0 spiro atoms. The van der Waals surface area contributed by atoms with Crippen molar-refractivity contribution >= 4 is 55.8 Å². The van der Waals surface area contributed by atoms with Crippen LogP contribution in [0.1, 0.15) is 57.3 Å². The number of ether oxygens (including phenoxy) is 3. The van der Waals surface area contributed by atoms with Gasteiger partial charge in [0.05, 0.1) is 29.1 Å². The molecule has 2 saturated heterocycles. The highest BCUT2D eigenvalue weighted by molar-refractivity contribution is 7.90. The van der Waals surface area contributed by atoms with Crippen molar-refractivity contribution in [2.75, 3.05) is 40.8 Å². The molecule has 288 valence electrons. The second-order valence-electron chi connectivity index (χ2n) is 15.6. The van der Waals surface area contributed by atoms with Crippen molar-refractivity contribution in [1.82, 2.24) is 19.4 Å². The van der Waals surface area contributed by atoms with Gasteiger partial charge in [-0.15, -0.1) is 0 Å². The maximum absolute atomic E-state index is 17.8. The van der Waals surface area contributed by atoms with Crippen molar-refractivity contribution in [3.8, 4) is 22.9 Å². The number of fused-ring (bicyclic) bond motifs is 5. The molecule has 13 heteroatoms. The minimum atomic E-state index is -1.63. The van der Waals surface area contributed by atoms with Gasteiger partial charge in [0.15, 0.2) is 12.6 Å². The number of rotatable bonds is 11. The molecule has 3 aliphatic rings. The van der Waals surface area contributed by atoms with E-state index < -0.39 is 22.6 Å². The molecule has 1 aliphatic carbocycles. The van der Waals surface area contributed by atoms with Crippen LogP contribution in [0, 0.1) is 23.1 Å². The molecule has 55 heavy (non-hydrogen) atoms. The van der Waals surface area contributed by atoms with E-state index in [0.29, 0.717) is 46.1 Å². The number of pyridine rings is 1. The first-order valence-corrected chi connectivity index (χ1v) is 20.0. The Balaban J connectivity index is 1.51. The van der Waals surface area contributed by atoms with Crippen LogP contribution in [0.3, 0.4) is 0 Å². The summed E-state index contributed by atoms with van der Waals surface area (Å²) in [6.45, 7) is 6.01. The molecule has 2 amide bonds. The van der Waals surface area contributed by atoms with Crippen molar-refractivity contribution in [3.05, 3.63) is 65.6 Å². The van der Waals surface area contributed by atoms with Crippen LogP contribution in [0.5, 0.6) is 5.75 Å². The van der Waals surface area contributed by atoms with Crippen LogP contribution in [0.4, 0.5) is 9.18 Å². The number of aryl methyl sites for hydroxylation is 2. The summed E-state index contributed by atoms with van der Waals surface area (Å²) in [4.78, 5) is 34.5. The molecule has 1 saturated carbocycles. The van der Waals surface area contributed by atoms with Gasteiger partial charge in [0.2, 0.25) is 5.91 Å². The van der Waals surface area contributed by atoms with E-state index in [9.17, 15) is 19.4 Å². The molecule has 5 aromatic rings. The topological polar surface area (TPSA) is 133 Å². The van der Waals surface area contributed by atoms with Gasteiger partial charge in [-0.25, -0.2) is 9.18 Å². The van der Waals surface area contributed by atoms with Crippen LogP contribution in [0.2, 0.25) is 0 Å². The van der Waals surface area contributed by atoms with Gasteiger partial charge in [-0.05, 0) is 86.2 Å². The summed E-state index contributed by atoms with van der Waals surface area (Å²) >= 11 is -1.63. The fraction of sp³-hybridized carbons (Fsp3) is 0.429. The molecular formula is C42H46FN5O6S. The van der Waals surface area contributed by atoms with Crippen LogP contribution in [0.25, 0.3) is 43.7 Å². The van der Waals surface area contributed by atoms with Gasteiger partial charge in [0.1, 0.15) is 23.1 Å². The number of benzene rings is 3. The minimum absolute atomic E-state index is 0.00153. The minimum Gasteiger partial charge on any atom is -0.610 e. The Morgan fingerprint density at radius 3 is 2.56 bits per heavy atom. The number of aromatic nitrogens is 2. The third kappa shape index (κ3) is 7.07. The molecule has 8 rings (SSSR count). The average molecular weight is 768 g/mol. The Labute approximate surface area is 323 Å². The maximum Gasteiger partial charge on any atom is 0.410 e. The first kappa shape index (κ1) is 38.4. The van der Waals surface area contributed by atoms with E-state index in [1.165, 1.54) is 13.4 Å². The zero-order valence-corrected chi connectivity index (χ0v) is 33.1. The Morgan fingerprint density at radius 1 is 1.11 bits per heavy atom. The lowest BCUT2D eigenvalue weighted by atomic mass is 9.79. The van der Waals surface area contributed by atoms with E-state index in [0.717, 1.165) is 22.9 Å². The van der Waals surface area contributed by atoms with Gasteiger partial charge < -0.3 is 33.1 Å². The van der Waals surface area contributed by atoms with Crippen LogP contribution in [-0.2, 0) is 38.3 Å². The van der Waals surface area contributed by atoms with E-state index in [-0.39, 0.29) is 72.2 Å². The number of halogens is 1. The number of carbonyl (C=O) groups is 2. The Hall–Kier alpha value is -4.90. The SMILES string of the molecule is COCOc1cc(-c2c(CCC#N)cc3c(nc([S+](C)[O-])c4cc(CCC(=O)N(C)C)n([C@H]5[C@@H]6C[C@H]5N(C(=O)OC(C)(C)C)C6)c43)c2F)c2ccccc2c1. The number of hydrogen-bond acceptors (Lipinski definition) is 8. The summed E-state index contributed by atoms with van der Waals surface area (Å²) in [6.07, 6.45) is 2.90. The summed E-state index contributed by atoms with van der Waals surface area (Å²) in [5.41, 5.74) is 2.31. The zero-order valence-electron chi connectivity index (χ0n) is 32.3. The maximum atomic E-state index is 17.8. The molecular weight excluding hydrogens is 722 g/mol. The van der Waals surface area contributed by atoms with Crippen LogP contribution < -0.4 is 4.74 Å². The Bertz CT molecular complexity index is 2360. The molecule has 3 fully saturated rings. The number of amides is 2. The van der Waals surface area contributed by atoms with Gasteiger partial charge in [-0.2, -0.15) is 10.2 Å². The van der Waals surface area contributed by atoms with Gasteiger partial charge in [-0.3, -0.25) is 4.79 Å². The number of nitrogens with zero attached hydrogens (tertiary/aromatic N) is 5. The fourth-order valence-corrected chi connectivity index (χ4v) is 8.94. The smallest absolute Gasteiger partial charge is 0.410 e. The Kier molecular flexibility index (Phi) is 10.4. The molecule has 2 bridgehead atoms. The van der Waals surface area contributed by atoms with Crippen LogP contribution in [-0.4, -0.2) is 88.3 Å². The quantitative estimate of drug-likeness (QED) is 0.0996. The number of carbonyl (C=O) groups excluding carboxylic acids is 2. The molecule has 1 unspecified atom stereocenters. The summed E-state index contributed by atoms with van der Waals surface area (Å²) in [5.74, 6) is -0.0824. The van der Waals surface area contributed by atoms with Gasteiger partial charge in [-0.1, -0.05) is 24.3 Å². The molecule has 11 nitrogen and oxygen atoms in total. The predicted octanol–water partition coefficient (Wildman–Crippen LogP) is 7.53. The van der Waals surface area contributed by atoms with E-state index in [1.807, 2.05) is 63.2 Å². The first-order valence-electron chi connectivity index (χ1n) is 18.5. The van der Waals surface area contributed by atoms with E-state index in [4.69, 9.17) is 19.2 Å². The lowest BCUT2D eigenvalue weighted by Crippen LogP contribution is -2.44. The average Bonchev–Trinajstić information content (AvgIpc) is 3.84. The van der Waals surface area contributed by atoms with Crippen LogP contribution in [0.15, 0.2) is 53.6 Å². The summed E-state index contributed by atoms with van der Waals surface area (Å²) < 4.78 is 50.3. The highest BCUT2D eigenvalue weighted by Crippen LogP contribution is 2.53. The number of hydrogen-bond donors (Lipinski definition) is 0. The molecule has 4 heterocycles. The molecule has 3 aromatic carbocycles. The zero-order chi connectivity index (χ0) is 39.3. The van der Waals surface area contributed by atoms with Crippen LogP contribution >= 0.6 is 0 Å². The lowest BCUT2D eigenvalue weighted by Gasteiger charge is -2.39.